The van der Waals surface area contributed by atoms with Crippen molar-refractivity contribution in [3.8, 4) is 0 Å². The molecule has 8 heteroatoms. The van der Waals surface area contributed by atoms with Gasteiger partial charge < -0.3 is 4.90 Å². The zero-order valence-corrected chi connectivity index (χ0v) is 13.6. The van der Waals surface area contributed by atoms with E-state index in [2.05, 4.69) is 26.1 Å². The summed E-state index contributed by atoms with van der Waals surface area (Å²) < 4.78 is 4.28. The highest BCUT2D eigenvalue weighted by Gasteiger charge is 2.15. The number of halogens is 2. The summed E-state index contributed by atoms with van der Waals surface area (Å²) in [6.45, 7) is 3.43. The molecule has 6 nitrogen and oxygen atoms in total. The highest BCUT2D eigenvalue weighted by atomic mass is 79.9. The Bertz CT molecular complexity index is 609. The lowest BCUT2D eigenvalue weighted by Crippen LogP contribution is -2.31. The summed E-state index contributed by atoms with van der Waals surface area (Å²) >= 11 is 9.22. The third kappa shape index (κ3) is 3.40. The van der Waals surface area contributed by atoms with Crippen molar-refractivity contribution >= 4 is 33.4 Å². The Labute approximate surface area is 130 Å². The van der Waals surface area contributed by atoms with Crippen LogP contribution in [0.1, 0.15) is 12.6 Å². The summed E-state index contributed by atoms with van der Waals surface area (Å²) in [5.41, 5.74) is 0.974. The van der Waals surface area contributed by atoms with Gasteiger partial charge in [0.1, 0.15) is 6.54 Å². The summed E-state index contributed by atoms with van der Waals surface area (Å²) in [5.74, 6) is -0.0412. The number of carbonyl (C=O) groups excluding carboxylic acids is 1. The fraction of sp³-hybridized carbons (Fsp3) is 0.417. The van der Waals surface area contributed by atoms with Crippen molar-refractivity contribution in [1.82, 2.24) is 24.5 Å². The molecule has 2 aromatic heterocycles. The normalized spacial score (nSPS) is 10.8. The minimum atomic E-state index is -0.0412. The van der Waals surface area contributed by atoms with Crippen molar-refractivity contribution in [1.29, 1.82) is 0 Å². The second-order valence-electron chi connectivity index (χ2n) is 4.36. The Morgan fingerprint density at radius 2 is 2.20 bits per heavy atom. The van der Waals surface area contributed by atoms with E-state index in [0.717, 1.165) is 16.7 Å². The van der Waals surface area contributed by atoms with Crippen LogP contribution >= 0.6 is 27.5 Å². The first-order chi connectivity index (χ1) is 9.51. The Morgan fingerprint density at radius 1 is 1.45 bits per heavy atom. The molecular weight excluding hydrogens is 346 g/mol. The summed E-state index contributed by atoms with van der Waals surface area (Å²) in [7, 11) is 1.76. The van der Waals surface area contributed by atoms with E-state index in [1.807, 2.05) is 11.6 Å². The fourth-order valence-corrected chi connectivity index (χ4v) is 2.39. The van der Waals surface area contributed by atoms with Crippen LogP contribution < -0.4 is 0 Å². The van der Waals surface area contributed by atoms with Gasteiger partial charge >= 0.3 is 0 Å². The van der Waals surface area contributed by atoms with Crippen molar-refractivity contribution in [2.24, 2.45) is 0 Å². The number of amides is 1. The number of aryl methyl sites for hydroxylation is 1. The first-order valence-electron chi connectivity index (χ1n) is 6.13. The SMILES string of the molecule is CCn1ncc(Br)c1CN(C)C(=O)Cn1cc(Cl)cn1. The Hall–Kier alpha value is -1.34. The van der Waals surface area contributed by atoms with Gasteiger partial charge in [-0.3, -0.25) is 14.2 Å². The Balaban J connectivity index is 2.02. The Kier molecular flexibility index (Phi) is 4.82. The first-order valence-corrected chi connectivity index (χ1v) is 7.30. The number of likely N-dealkylation sites (N-methyl/N-ethyl adjacent to an activating group) is 1. The average Bonchev–Trinajstić information content (AvgIpc) is 2.97. The molecule has 2 rings (SSSR count). The Morgan fingerprint density at radius 3 is 2.80 bits per heavy atom. The largest absolute Gasteiger partial charge is 0.338 e. The molecule has 2 aromatic rings. The van der Waals surface area contributed by atoms with E-state index >= 15 is 0 Å². The molecule has 0 saturated heterocycles. The topological polar surface area (TPSA) is 56.0 Å². The first kappa shape index (κ1) is 15.1. The van der Waals surface area contributed by atoms with Crippen molar-refractivity contribution in [3.05, 3.63) is 33.8 Å². The van der Waals surface area contributed by atoms with Crippen LogP contribution in [-0.4, -0.2) is 37.4 Å². The molecule has 0 saturated carbocycles. The van der Waals surface area contributed by atoms with Gasteiger partial charge in [0.05, 0.1) is 34.1 Å². The van der Waals surface area contributed by atoms with Gasteiger partial charge in [0.2, 0.25) is 5.91 Å². The molecule has 0 spiro atoms. The van der Waals surface area contributed by atoms with Crippen LogP contribution in [0, 0.1) is 0 Å². The second-order valence-corrected chi connectivity index (χ2v) is 5.65. The van der Waals surface area contributed by atoms with Gasteiger partial charge in [0.25, 0.3) is 0 Å². The highest BCUT2D eigenvalue weighted by Crippen LogP contribution is 2.17. The number of hydrogen-bond acceptors (Lipinski definition) is 3. The predicted molar refractivity (Wildman–Crippen MR) is 79.3 cm³/mol. The standard InChI is InChI=1S/C12H15BrClN5O/c1-3-19-11(10(13)5-16-19)7-17(2)12(20)8-18-6-9(14)4-15-18/h4-6H,3,7-8H2,1-2H3. The van der Waals surface area contributed by atoms with Gasteiger partial charge in [-0.2, -0.15) is 10.2 Å². The molecule has 0 atom stereocenters. The third-order valence-corrected chi connectivity index (χ3v) is 3.77. The molecule has 0 bridgehead atoms. The second kappa shape index (κ2) is 6.41. The average molecular weight is 361 g/mol. The maximum atomic E-state index is 12.1. The van der Waals surface area contributed by atoms with E-state index < -0.39 is 0 Å². The van der Waals surface area contributed by atoms with Crippen LogP contribution in [0.5, 0.6) is 0 Å². The summed E-state index contributed by atoms with van der Waals surface area (Å²) in [6, 6.07) is 0. The number of nitrogens with zero attached hydrogens (tertiary/aromatic N) is 5. The lowest BCUT2D eigenvalue weighted by molar-refractivity contribution is -0.131. The van der Waals surface area contributed by atoms with Crippen LogP contribution in [0.2, 0.25) is 5.02 Å². The van der Waals surface area contributed by atoms with Crippen LogP contribution in [0.3, 0.4) is 0 Å². The molecule has 0 fully saturated rings. The molecule has 0 aliphatic carbocycles. The predicted octanol–water partition coefficient (Wildman–Crippen LogP) is 2.17. The van der Waals surface area contributed by atoms with Crippen LogP contribution in [0.15, 0.2) is 23.1 Å². The van der Waals surface area contributed by atoms with Gasteiger partial charge in [-0.1, -0.05) is 11.6 Å². The summed E-state index contributed by atoms with van der Waals surface area (Å²) in [6.07, 6.45) is 4.88. The van der Waals surface area contributed by atoms with Crippen molar-refractivity contribution in [2.45, 2.75) is 26.6 Å². The lowest BCUT2D eigenvalue weighted by atomic mass is 10.3. The van der Waals surface area contributed by atoms with Crippen LogP contribution in [-0.2, 0) is 24.4 Å². The molecular formula is C12H15BrClN5O. The molecule has 1 amide bonds. The minimum absolute atomic E-state index is 0.0412. The van der Waals surface area contributed by atoms with E-state index in [1.165, 1.54) is 10.9 Å². The molecule has 0 unspecified atom stereocenters. The number of carbonyl (C=O) groups is 1. The van der Waals surface area contributed by atoms with Gasteiger partial charge in [0.15, 0.2) is 0 Å². The number of rotatable bonds is 5. The van der Waals surface area contributed by atoms with Gasteiger partial charge in [-0.05, 0) is 22.9 Å². The third-order valence-electron chi connectivity index (χ3n) is 2.91. The van der Waals surface area contributed by atoms with E-state index in [9.17, 15) is 4.79 Å². The molecule has 2 heterocycles. The quantitative estimate of drug-likeness (QED) is 0.821. The van der Waals surface area contributed by atoms with Crippen molar-refractivity contribution < 1.29 is 4.79 Å². The molecule has 0 aliphatic heterocycles. The summed E-state index contributed by atoms with van der Waals surface area (Å²) in [4.78, 5) is 13.8. The van der Waals surface area contributed by atoms with Crippen molar-refractivity contribution in [2.75, 3.05) is 7.05 Å². The maximum Gasteiger partial charge on any atom is 0.244 e. The van der Waals surface area contributed by atoms with Crippen LogP contribution in [0.4, 0.5) is 0 Å². The zero-order valence-electron chi connectivity index (χ0n) is 11.3. The zero-order chi connectivity index (χ0) is 14.7. The maximum absolute atomic E-state index is 12.1. The van der Waals surface area contributed by atoms with Crippen molar-refractivity contribution in [3.63, 3.8) is 0 Å². The van der Waals surface area contributed by atoms with Gasteiger partial charge in [0, 0.05) is 19.8 Å². The molecule has 0 aliphatic rings. The van der Waals surface area contributed by atoms with E-state index in [4.69, 9.17) is 11.6 Å². The molecule has 0 aromatic carbocycles. The van der Waals surface area contributed by atoms with Crippen LogP contribution in [0.25, 0.3) is 0 Å². The molecule has 108 valence electrons. The van der Waals surface area contributed by atoms with Gasteiger partial charge in [-0.15, -0.1) is 0 Å². The van der Waals surface area contributed by atoms with Gasteiger partial charge in [-0.25, -0.2) is 0 Å². The van der Waals surface area contributed by atoms with E-state index in [-0.39, 0.29) is 12.5 Å². The monoisotopic (exact) mass is 359 g/mol. The van der Waals surface area contributed by atoms with E-state index in [1.54, 1.807) is 24.3 Å². The fourth-order valence-electron chi connectivity index (χ4n) is 1.81. The smallest absolute Gasteiger partial charge is 0.244 e. The molecule has 0 N–H and O–H groups in total. The lowest BCUT2D eigenvalue weighted by Gasteiger charge is -2.18. The number of hydrogen-bond donors (Lipinski definition) is 0. The molecule has 0 radical (unpaired) electrons. The minimum Gasteiger partial charge on any atom is -0.338 e. The number of aromatic nitrogens is 4. The van der Waals surface area contributed by atoms with E-state index in [0.29, 0.717) is 11.6 Å². The molecule has 20 heavy (non-hydrogen) atoms. The highest BCUT2D eigenvalue weighted by molar-refractivity contribution is 9.10. The summed E-state index contributed by atoms with van der Waals surface area (Å²) in [5, 5.41) is 8.75.